The Hall–Kier alpha value is -2.22. The van der Waals surface area contributed by atoms with Gasteiger partial charge in [0.05, 0.1) is 23.6 Å². The second-order valence-electron chi connectivity index (χ2n) is 8.18. The van der Waals surface area contributed by atoms with E-state index in [-0.39, 0.29) is 11.1 Å². The van der Waals surface area contributed by atoms with Crippen LogP contribution in [0.3, 0.4) is 0 Å². The molecule has 31 heavy (non-hydrogen) atoms. The molecule has 1 unspecified atom stereocenters. The lowest BCUT2D eigenvalue weighted by Crippen LogP contribution is -2.37. The zero-order valence-electron chi connectivity index (χ0n) is 17.3. The van der Waals surface area contributed by atoms with Gasteiger partial charge in [0.2, 0.25) is 5.28 Å². The van der Waals surface area contributed by atoms with Crippen molar-refractivity contribution < 1.29 is 9.53 Å². The molecule has 0 N–H and O–H groups in total. The van der Waals surface area contributed by atoms with Gasteiger partial charge in [-0.3, -0.25) is 4.79 Å². The Labute approximate surface area is 190 Å². The van der Waals surface area contributed by atoms with Gasteiger partial charge in [0.25, 0.3) is 0 Å². The van der Waals surface area contributed by atoms with Gasteiger partial charge in [-0.25, -0.2) is 4.98 Å². The fourth-order valence-corrected chi connectivity index (χ4v) is 5.40. The number of fused-ring (bicyclic) bond motifs is 1. The van der Waals surface area contributed by atoms with Gasteiger partial charge >= 0.3 is 0 Å². The molecule has 1 aromatic carbocycles. The molecule has 0 bridgehead atoms. The number of hydrogen-bond acceptors (Lipinski definition) is 7. The number of piperidine rings is 1. The molecule has 0 radical (unpaired) electrons. The van der Waals surface area contributed by atoms with E-state index in [1.54, 1.807) is 0 Å². The number of carbonyl (C=O) groups excluding carboxylic acids is 1. The fraction of sp³-hybridized carbons (Fsp3) is 0.435. The Morgan fingerprint density at radius 3 is 2.84 bits per heavy atom. The molecule has 2 aliphatic rings. The number of aromatic nitrogens is 2. The number of halogens is 1. The molecule has 5 rings (SSSR count). The van der Waals surface area contributed by atoms with Gasteiger partial charge in [0, 0.05) is 43.7 Å². The number of nitrogens with zero attached hydrogens (tertiary/aromatic N) is 4. The van der Waals surface area contributed by atoms with E-state index in [1.807, 2.05) is 17.5 Å². The summed E-state index contributed by atoms with van der Waals surface area (Å²) < 4.78 is 5.47. The maximum Gasteiger partial charge on any atom is 0.224 e. The summed E-state index contributed by atoms with van der Waals surface area (Å²) in [7, 11) is 0. The third-order valence-corrected chi connectivity index (χ3v) is 7.18. The Bertz CT molecular complexity index is 1070. The SMILES string of the molecule is O=C(CC1CCCN(c2nc(Cl)nc3cc(N4CCOCC4)ccc23)C1)c1cccs1. The summed E-state index contributed by atoms with van der Waals surface area (Å²) in [6.07, 6.45) is 2.68. The van der Waals surface area contributed by atoms with Crippen LogP contribution in [0.25, 0.3) is 10.9 Å². The summed E-state index contributed by atoms with van der Waals surface area (Å²) in [6.45, 7) is 4.97. The number of ketones is 1. The highest BCUT2D eigenvalue weighted by atomic mass is 35.5. The predicted molar refractivity (Wildman–Crippen MR) is 126 cm³/mol. The second-order valence-corrected chi connectivity index (χ2v) is 9.46. The van der Waals surface area contributed by atoms with Gasteiger partial charge in [-0.05, 0) is 60.0 Å². The monoisotopic (exact) mass is 456 g/mol. The quantitative estimate of drug-likeness (QED) is 0.410. The molecule has 6 nitrogen and oxygen atoms in total. The fourth-order valence-electron chi connectivity index (χ4n) is 4.56. The number of rotatable bonds is 5. The maximum absolute atomic E-state index is 12.6. The van der Waals surface area contributed by atoms with E-state index in [4.69, 9.17) is 16.3 Å². The topological polar surface area (TPSA) is 58.6 Å². The molecule has 2 aliphatic heterocycles. The number of hydrogen-bond donors (Lipinski definition) is 0. The smallest absolute Gasteiger partial charge is 0.224 e. The van der Waals surface area contributed by atoms with E-state index in [0.29, 0.717) is 12.3 Å². The number of ether oxygens (including phenoxy) is 1. The third-order valence-electron chi connectivity index (χ3n) is 6.10. The normalized spacial score (nSPS) is 19.7. The zero-order valence-corrected chi connectivity index (χ0v) is 18.9. The van der Waals surface area contributed by atoms with Gasteiger partial charge in [-0.15, -0.1) is 11.3 Å². The first-order valence-electron chi connectivity index (χ1n) is 10.8. The Balaban J connectivity index is 1.38. The average Bonchev–Trinajstić information content (AvgIpc) is 3.34. The lowest BCUT2D eigenvalue weighted by atomic mass is 9.92. The molecule has 0 aliphatic carbocycles. The van der Waals surface area contributed by atoms with Crippen LogP contribution in [-0.2, 0) is 4.74 Å². The number of anilines is 2. The first-order valence-corrected chi connectivity index (χ1v) is 12.0. The Morgan fingerprint density at radius 1 is 1.16 bits per heavy atom. The average molecular weight is 457 g/mol. The van der Waals surface area contributed by atoms with Crippen LogP contribution in [0.2, 0.25) is 5.28 Å². The van der Waals surface area contributed by atoms with E-state index >= 15 is 0 Å². The van der Waals surface area contributed by atoms with Gasteiger partial charge in [-0.1, -0.05) is 6.07 Å². The van der Waals surface area contributed by atoms with Crippen molar-refractivity contribution in [1.29, 1.82) is 0 Å². The second kappa shape index (κ2) is 9.10. The molecule has 0 spiro atoms. The lowest BCUT2D eigenvalue weighted by molar-refractivity contribution is 0.0960. The minimum Gasteiger partial charge on any atom is -0.378 e. The van der Waals surface area contributed by atoms with Gasteiger partial charge in [0.15, 0.2) is 5.78 Å². The van der Waals surface area contributed by atoms with Gasteiger partial charge in [0.1, 0.15) is 5.82 Å². The molecular formula is C23H25ClN4O2S. The standard InChI is InChI=1S/C23H25ClN4O2S/c24-23-25-19-14-17(27-8-10-30-11-9-27)5-6-18(19)22(26-23)28-7-1-3-16(15-28)13-20(29)21-4-2-12-31-21/h2,4-6,12,14,16H,1,3,7-11,13,15H2. The highest BCUT2D eigenvalue weighted by Crippen LogP contribution is 2.33. The summed E-state index contributed by atoms with van der Waals surface area (Å²) in [6, 6.07) is 10.2. The highest BCUT2D eigenvalue weighted by molar-refractivity contribution is 7.12. The summed E-state index contributed by atoms with van der Waals surface area (Å²) in [5.74, 6) is 1.43. The van der Waals surface area contributed by atoms with Crippen LogP contribution >= 0.6 is 22.9 Å². The van der Waals surface area contributed by atoms with Crippen molar-refractivity contribution in [2.75, 3.05) is 49.2 Å². The van der Waals surface area contributed by atoms with Crippen molar-refractivity contribution in [3.8, 4) is 0 Å². The van der Waals surface area contributed by atoms with Crippen LogP contribution in [0, 0.1) is 5.92 Å². The molecule has 162 valence electrons. The van der Waals surface area contributed by atoms with Crippen LogP contribution in [0.15, 0.2) is 35.7 Å². The number of Topliss-reactive ketones (excluding diaryl/α,β-unsaturated/α-hetero) is 1. The lowest BCUT2D eigenvalue weighted by Gasteiger charge is -2.34. The van der Waals surface area contributed by atoms with Crippen molar-refractivity contribution in [2.45, 2.75) is 19.3 Å². The molecule has 3 aromatic rings. The highest BCUT2D eigenvalue weighted by Gasteiger charge is 2.26. The van der Waals surface area contributed by atoms with Crippen LogP contribution in [0.1, 0.15) is 28.9 Å². The maximum atomic E-state index is 12.6. The number of carbonyl (C=O) groups is 1. The van der Waals surface area contributed by atoms with E-state index in [1.165, 1.54) is 11.3 Å². The van der Waals surface area contributed by atoms with E-state index in [0.717, 1.165) is 79.5 Å². The summed E-state index contributed by atoms with van der Waals surface area (Å²) in [4.78, 5) is 27.1. The molecule has 1 atom stereocenters. The third kappa shape index (κ3) is 4.54. The van der Waals surface area contributed by atoms with Crippen molar-refractivity contribution in [1.82, 2.24) is 9.97 Å². The Kier molecular flexibility index (Phi) is 6.07. The number of morpholine rings is 1. The van der Waals surface area contributed by atoms with E-state index in [9.17, 15) is 4.79 Å². The van der Waals surface area contributed by atoms with E-state index < -0.39 is 0 Å². The zero-order chi connectivity index (χ0) is 21.2. The molecule has 4 heterocycles. The largest absolute Gasteiger partial charge is 0.378 e. The molecular weight excluding hydrogens is 432 g/mol. The molecule has 0 amide bonds. The summed E-state index contributed by atoms with van der Waals surface area (Å²) in [5.41, 5.74) is 1.99. The number of thiophene rings is 1. The molecule has 0 saturated carbocycles. The molecule has 2 saturated heterocycles. The van der Waals surface area contributed by atoms with E-state index in [2.05, 4.69) is 38.0 Å². The van der Waals surface area contributed by atoms with Gasteiger partial charge in [-0.2, -0.15) is 4.98 Å². The van der Waals surface area contributed by atoms with Crippen LogP contribution in [0.4, 0.5) is 11.5 Å². The Morgan fingerprint density at radius 2 is 2.03 bits per heavy atom. The molecule has 2 aromatic heterocycles. The predicted octanol–water partition coefficient (Wildman–Crippen LogP) is 4.67. The van der Waals surface area contributed by atoms with Gasteiger partial charge < -0.3 is 14.5 Å². The minimum atomic E-state index is 0.239. The molecule has 2 fully saturated rings. The first-order chi connectivity index (χ1) is 15.2. The minimum absolute atomic E-state index is 0.239. The van der Waals surface area contributed by atoms with Crippen molar-refractivity contribution >= 4 is 51.1 Å². The van der Waals surface area contributed by atoms with Crippen LogP contribution in [-0.4, -0.2) is 55.1 Å². The van der Waals surface area contributed by atoms with Crippen LogP contribution in [0.5, 0.6) is 0 Å². The summed E-state index contributed by atoms with van der Waals surface area (Å²) >= 11 is 7.85. The van der Waals surface area contributed by atoms with Crippen molar-refractivity contribution in [2.24, 2.45) is 5.92 Å². The van der Waals surface area contributed by atoms with Crippen molar-refractivity contribution in [3.63, 3.8) is 0 Å². The van der Waals surface area contributed by atoms with Crippen molar-refractivity contribution in [3.05, 3.63) is 45.9 Å². The van der Waals surface area contributed by atoms with Crippen LogP contribution < -0.4 is 9.80 Å². The molecule has 8 heteroatoms. The summed E-state index contributed by atoms with van der Waals surface area (Å²) in [5, 5.41) is 3.23. The first kappa shape index (κ1) is 20.7. The number of benzene rings is 1.